The van der Waals surface area contributed by atoms with Crippen LogP contribution >= 0.6 is 34.9 Å². The predicted molar refractivity (Wildman–Crippen MR) is 102 cm³/mol. The molecule has 0 N–H and O–H groups in total. The van der Waals surface area contributed by atoms with Crippen molar-refractivity contribution in [2.75, 3.05) is 11.2 Å². The van der Waals surface area contributed by atoms with Crippen molar-refractivity contribution >= 4 is 51.6 Å². The molecule has 1 amide bonds. The summed E-state index contributed by atoms with van der Waals surface area (Å²) in [5, 5.41) is 11.1. The number of hydrogen-bond acceptors (Lipinski definition) is 8. The van der Waals surface area contributed by atoms with E-state index in [1.165, 1.54) is 30.0 Å². The first-order chi connectivity index (χ1) is 12.2. The Morgan fingerprint density at radius 2 is 2.04 bits per heavy atom. The zero-order valence-corrected chi connectivity index (χ0v) is 16.2. The van der Waals surface area contributed by atoms with Gasteiger partial charge in [0.1, 0.15) is 0 Å². The van der Waals surface area contributed by atoms with Crippen LogP contribution in [-0.2, 0) is 16.3 Å². The van der Waals surface area contributed by atoms with Crippen LogP contribution < -0.4 is 4.90 Å². The summed E-state index contributed by atoms with van der Waals surface area (Å²) in [6.07, 6.45) is 1.99. The third-order valence-electron chi connectivity index (χ3n) is 3.12. The number of thiazole rings is 1. The largest absolute Gasteiger partial charge is 0.415 e. The fourth-order valence-corrected chi connectivity index (χ4v) is 4.11. The second-order valence-electron chi connectivity index (χ2n) is 4.99. The Hall–Kier alpha value is -1.84. The first-order valence-electron chi connectivity index (χ1n) is 7.41. The Morgan fingerprint density at radius 3 is 2.76 bits per heavy atom. The number of aromatic nitrogens is 3. The second kappa shape index (κ2) is 8.50. The van der Waals surface area contributed by atoms with Gasteiger partial charge in [-0.25, -0.2) is 4.98 Å². The first kappa shape index (κ1) is 18.0. The molecule has 0 atom stereocenters. The highest BCUT2D eigenvalue weighted by Gasteiger charge is 2.18. The highest BCUT2D eigenvalue weighted by Crippen LogP contribution is 2.31. The molecule has 2 heterocycles. The van der Waals surface area contributed by atoms with Crippen LogP contribution in [0.4, 0.5) is 10.8 Å². The lowest BCUT2D eigenvalue weighted by Gasteiger charge is -2.17. The summed E-state index contributed by atoms with van der Waals surface area (Å²) in [7, 11) is 0. The van der Waals surface area contributed by atoms with Crippen LogP contribution in [0.1, 0.15) is 18.5 Å². The van der Waals surface area contributed by atoms with Crippen LogP contribution in [0, 0.1) is 0 Å². The summed E-state index contributed by atoms with van der Waals surface area (Å²) in [5.41, 5.74) is 1.68. The molecule has 0 saturated heterocycles. The van der Waals surface area contributed by atoms with Crippen molar-refractivity contribution in [3.05, 3.63) is 47.3 Å². The summed E-state index contributed by atoms with van der Waals surface area (Å²) in [4.78, 5) is 18.2. The molecular weight excluding hydrogens is 376 g/mol. The Balaban J connectivity index is 1.69. The van der Waals surface area contributed by atoms with Crippen molar-refractivity contribution < 1.29 is 9.21 Å². The van der Waals surface area contributed by atoms with E-state index in [0.717, 1.165) is 11.4 Å². The minimum atomic E-state index is -0.0710. The van der Waals surface area contributed by atoms with E-state index in [1.54, 1.807) is 16.7 Å². The van der Waals surface area contributed by atoms with Crippen LogP contribution in [0.15, 0.2) is 45.4 Å². The normalized spacial score (nSPS) is 10.8. The highest BCUT2D eigenvalue weighted by molar-refractivity contribution is 7.98. The third kappa shape index (κ3) is 4.62. The molecule has 0 radical (unpaired) electrons. The predicted octanol–water partition coefficient (Wildman–Crippen LogP) is 4.37. The zero-order valence-electron chi connectivity index (χ0n) is 13.7. The van der Waals surface area contributed by atoms with Gasteiger partial charge >= 0.3 is 0 Å². The van der Waals surface area contributed by atoms with Gasteiger partial charge in [-0.05, 0) is 18.4 Å². The van der Waals surface area contributed by atoms with Gasteiger partial charge in [0.15, 0.2) is 5.13 Å². The fourth-order valence-electron chi connectivity index (χ4n) is 2.08. The monoisotopic (exact) mass is 392 g/mol. The Kier molecular flexibility index (Phi) is 6.11. The van der Waals surface area contributed by atoms with Crippen LogP contribution in [0.2, 0.25) is 0 Å². The van der Waals surface area contributed by atoms with Crippen LogP contribution in [0.3, 0.4) is 0 Å². The maximum Gasteiger partial charge on any atom is 0.276 e. The molecule has 0 aliphatic heterocycles. The van der Waals surface area contributed by atoms with Crippen LogP contribution in [-0.4, -0.2) is 27.3 Å². The van der Waals surface area contributed by atoms with Gasteiger partial charge in [-0.3, -0.25) is 9.69 Å². The number of thioether (sulfide) groups is 2. The van der Waals surface area contributed by atoms with Gasteiger partial charge in [0.2, 0.25) is 11.8 Å². The number of anilines is 2. The van der Waals surface area contributed by atoms with E-state index in [1.807, 2.05) is 42.0 Å². The summed E-state index contributed by atoms with van der Waals surface area (Å²) in [6, 6.07) is 9.50. The Bertz CT molecular complexity index is 835. The summed E-state index contributed by atoms with van der Waals surface area (Å²) >= 11 is 4.52. The molecule has 2 aromatic heterocycles. The molecule has 9 heteroatoms. The average Bonchev–Trinajstić information content (AvgIpc) is 3.24. The number of carbonyl (C=O) groups excluding carboxylic acids is 1. The first-order valence-corrected chi connectivity index (χ1v) is 10.7. The van der Waals surface area contributed by atoms with E-state index in [-0.39, 0.29) is 5.91 Å². The molecule has 0 bridgehead atoms. The minimum absolute atomic E-state index is 0.0710. The third-order valence-corrected chi connectivity index (χ3v) is 5.38. The van der Waals surface area contributed by atoms with Gasteiger partial charge in [-0.1, -0.05) is 30.0 Å². The number of rotatable bonds is 7. The maximum absolute atomic E-state index is 12.0. The van der Waals surface area contributed by atoms with Gasteiger partial charge in [-0.2, -0.15) is 11.8 Å². The van der Waals surface area contributed by atoms with E-state index in [4.69, 9.17) is 4.42 Å². The van der Waals surface area contributed by atoms with E-state index >= 15 is 0 Å². The molecule has 25 heavy (non-hydrogen) atoms. The number of carbonyl (C=O) groups is 1. The molecule has 1 aromatic carbocycles. The van der Waals surface area contributed by atoms with Crippen molar-refractivity contribution in [3.8, 4) is 0 Å². The summed E-state index contributed by atoms with van der Waals surface area (Å²) in [6.45, 7) is 1.54. The number of amides is 1. The SMILES string of the molecule is CSCc1nnc(SCc2csc(N(C(C)=O)c3ccccc3)n2)o1. The van der Waals surface area contributed by atoms with Crippen molar-refractivity contribution in [3.63, 3.8) is 0 Å². The molecule has 0 aliphatic rings. The maximum atomic E-state index is 12.0. The second-order valence-corrected chi connectivity index (χ2v) is 7.62. The fraction of sp³-hybridized carbons (Fsp3) is 0.250. The average molecular weight is 393 g/mol. The topological polar surface area (TPSA) is 72.1 Å². The quantitative estimate of drug-likeness (QED) is 0.553. The van der Waals surface area contributed by atoms with Gasteiger partial charge in [0, 0.05) is 18.1 Å². The molecule has 3 rings (SSSR count). The van der Waals surface area contributed by atoms with Gasteiger partial charge in [-0.15, -0.1) is 21.5 Å². The van der Waals surface area contributed by atoms with Crippen molar-refractivity contribution in [2.24, 2.45) is 0 Å². The van der Waals surface area contributed by atoms with Gasteiger partial charge in [0.25, 0.3) is 5.22 Å². The van der Waals surface area contributed by atoms with Crippen LogP contribution in [0.5, 0.6) is 0 Å². The Labute approximate surface area is 158 Å². The lowest BCUT2D eigenvalue weighted by Crippen LogP contribution is -2.22. The molecule has 0 unspecified atom stereocenters. The molecule has 0 saturated carbocycles. The standard InChI is InChI=1S/C16H16N4O2S3/c1-11(21)20(13-6-4-3-5-7-13)15-17-12(8-24-15)9-25-16-19-18-14(22-16)10-23-2/h3-8H,9-10H2,1-2H3. The van der Waals surface area contributed by atoms with E-state index in [9.17, 15) is 4.79 Å². The number of nitrogens with zero attached hydrogens (tertiary/aromatic N) is 4. The highest BCUT2D eigenvalue weighted by atomic mass is 32.2. The summed E-state index contributed by atoms with van der Waals surface area (Å²) < 4.78 is 5.54. The Morgan fingerprint density at radius 1 is 1.24 bits per heavy atom. The zero-order chi connectivity index (χ0) is 17.6. The van der Waals surface area contributed by atoms with Crippen molar-refractivity contribution in [1.82, 2.24) is 15.2 Å². The van der Waals surface area contributed by atoms with Crippen LogP contribution in [0.25, 0.3) is 0 Å². The molecule has 6 nitrogen and oxygen atoms in total. The van der Waals surface area contributed by atoms with Crippen molar-refractivity contribution in [1.29, 1.82) is 0 Å². The summed E-state index contributed by atoms with van der Waals surface area (Å²) in [5.74, 6) is 1.87. The van der Waals surface area contributed by atoms with E-state index in [2.05, 4.69) is 15.2 Å². The smallest absolute Gasteiger partial charge is 0.276 e. The molecule has 0 fully saturated rings. The molecule has 130 valence electrons. The van der Waals surface area contributed by atoms with Gasteiger partial charge < -0.3 is 4.42 Å². The minimum Gasteiger partial charge on any atom is -0.415 e. The lowest BCUT2D eigenvalue weighted by atomic mass is 10.3. The van der Waals surface area contributed by atoms with E-state index < -0.39 is 0 Å². The lowest BCUT2D eigenvalue weighted by molar-refractivity contribution is -0.115. The van der Waals surface area contributed by atoms with E-state index in [0.29, 0.717) is 27.8 Å². The molecule has 0 spiro atoms. The van der Waals surface area contributed by atoms with Crippen molar-refractivity contribution in [2.45, 2.75) is 23.7 Å². The van der Waals surface area contributed by atoms with Gasteiger partial charge in [0.05, 0.1) is 17.1 Å². The molecular formula is C16H16N4O2S3. The number of benzene rings is 1. The number of para-hydroxylation sites is 1. The molecule has 0 aliphatic carbocycles. The number of hydrogen-bond donors (Lipinski definition) is 0. The molecule has 3 aromatic rings.